The summed E-state index contributed by atoms with van der Waals surface area (Å²) >= 11 is 7.35. The molecule has 3 aromatic rings. The molecule has 2 heterocycles. The first-order valence-electron chi connectivity index (χ1n) is 7.56. The zero-order valence-electron chi connectivity index (χ0n) is 13.3. The predicted octanol–water partition coefficient (Wildman–Crippen LogP) is 3.08. The fourth-order valence-corrected chi connectivity index (χ4v) is 3.18. The van der Waals surface area contributed by atoms with Crippen LogP contribution in [0.5, 0.6) is 0 Å². The second kappa shape index (κ2) is 7.54. The first-order chi connectivity index (χ1) is 12.1. The molecule has 0 spiro atoms. The van der Waals surface area contributed by atoms with Crippen LogP contribution in [0.15, 0.2) is 41.2 Å². The van der Waals surface area contributed by atoms with Gasteiger partial charge in [-0.2, -0.15) is 5.10 Å². The summed E-state index contributed by atoms with van der Waals surface area (Å²) in [6.07, 6.45) is 0.746. The molecule has 9 heteroatoms. The smallest absolute Gasteiger partial charge is 0.277 e. The van der Waals surface area contributed by atoms with Crippen molar-refractivity contribution in [2.45, 2.75) is 19.9 Å². The Morgan fingerprint density at radius 1 is 1.24 bits per heavy atom. The first kappa shape index (κ1) is 17.2. The van der Waals surface area contributed by atoms with Gasteiger partial charge in [0.15, 0.2) is 5.01 Å². The third-order valence-electron chi connectivity index (χ3n) is 3.28. The third-order valence-corrected chi connectivity index (χ3v) is 4.49. The second-order valence-corrected chi connectivity index (χ2v) is 6.51. The number of anilines is 1. The molecule has 3 rings (SSSR count). The molecule has 0 aliphatic rings. The number of amides is 1. The number of hydrogen-bond acceptors (Lipinski definition) is 6. The molecule has 128 valence electrons. The van der Waals surface area contributed by atoms with Crippen LogP contribution in [-0.2, 0) is 6.54 Å². The number of nitrogens with one attached hydrogen (secondary N) is 1. The van der Waals surface area contributed by atoms with E-state index in [-0.39, 0.29) is 11.3 Å². The molecule has 0 bridgehead atoms. The van der Waals surface area contributed by atoms with Gasteiger partial charge in [-0.25, -0.2) is 4.68 Å². The SMILES string of the molecule is CCCn1nc(C(=O)Nc2nnc(-c3ccccc3Cl)s2)ccc1=O. The number of aromatic nitrogens is 4. The Labute approximate surface area is 152 Å². The number of benzene rings is 1. The molecule has 0 aliphatic carbocycles. The number of rotatable bonds is 5. The monoisotopic (exact) mass is 375 g/mol. The van der Waals surface area contributed by atoms with Crippen LogP contribution < -0.4 is 10.9 Å². The molecule has 7 nitrogen and oxygen atoms in total. The summed E-state index contributed by atoms with van der Waals surface area (Å²) in [5.41, 5.74) is 0.648. The Morgan fingerprint density at radius 2 is 2.04 bits per heavy atom. The molecule has 1 N–H and O–H groups in total. The normalized spacial score (nSPS) is 10.6. The Balaban J connectivity index is 1.79. The summed E-state index contributed by atoms with van der Waals surface area (Å²) in [6.45, 7) is 2.38. The molecule has 0 aliphatic heterocycles. The van der Waals surface area contributed by atoms with Crippen LogP contribution in [0, 0.1) is 0 Å². The number of carbonyl (C=O) groups excluding carboxylic acids is 1. The molecule has 0 atom stereocenters. The van der Waals surface area contributed by atoms with E-state index in [1.165, 1.54) is 28.2 Å². The number of hydrogen-bond donors (Lipinski definition) is 1. The Morgan fingerprint density at radius 3 is 2.80 bits per heavy atom. The van der Waals surface area contributed by atoms with Crippen molar-refractivity contribution in [3.05, 3.63) is 57.5 Å². The largest absolute Gasteiger partial charge is 0.295 e. The van der Waals surface area contributed by atoms with Gasteiger partial charge in [0, 0.05) is 18.2 Å². The quantitative estimate of drug-likeness (QED) is 0.740. The van der Waals surface area contributed by atoms with Crippen molar-refractivity contribution in [2.75, 3.05) is 5.32 Å². The molecule has 0 saturated heterocycles. The van der Waals surface area contributed by atoms with E-state index in [0.717, 1.165) is 12.0 Å². The number of nitrogens with zero attached hydrogens (tertiary/aromatic N) is 4. The first-order valence-corrected chi connectivity index (χ1v) is 8.76. The van der Waals surface area contributed by atoms with Crippen molar-refractivity contribution in [1.29, 1.82) is 0 Å². The van der Waals surface area contributed by atoms with Crippen LogP contribution in [0.4, 0.5) is 5.13 Å². The molecule has 0 unspecified atom stereocenters. The summed E-state index contributed by atoms with van der Waals surface area (Å²) in [7, 11) is 0. The summed E-state index contributed by atoms with van der Waals surface area (Å²) < 4.78 is 1.27. The Bertz CT molecular complexity index is 969. The molecule has 0 radical (unpaired) electrons. The lowest BCUT2D eigenvalue weighted by molar-refractivity contribution is 0.101. The van der Waals surface area contributed by atoms with Gasteiger partial charge in [0.25, 0.3) is 11.5 Å². The van der Waals surface area contributed by atoms with Gasteiger partial charge in [0.05, 0.1) is 5.02 Å². The maximum atomic E-state index is 12.3. The van der Waals surface area contributed by atoms with E-state index in [1.54, 1.807) is 6.07 Å². The van der Waals surface area contributed by atoms with E-state index in [4.69, 9.17) is 11.6 Å². The lowest BCUT2D eigenvalue weighted by Gasteiger charge is -2.05. The van der Waals surface area contributed by atoms with Gasteiger partial charge in [0.2, 0.25) is 5.13 Å². The molecule has 1 aromatic carbocycles. The van der Waals surface area contributed by atoms with Crippen LogP contribution in [0.25, 0.3) is 10.6 Å². The average molecular weight is 376 g/mol. The lowest BCUT2D eigenvalue weighted by Crippen LogP contribution is -2.26. The van der Waals surface area contributed by atoms with Gasteiger partial charge in [0.1, 0.15) is 5.69 Å². The standard InChI is InChI=1S/C16H14ClN5O2S/c1-2-9-22-13(23)8-7-12(21-22)14(24)18-16-20-19-15(25-16)10-5-3-4-6-11(10)17/h3-8H,2,9H2,1H3,(H,18,20,24). The minimum atomic E-state index is -0.452. The zero-order valence-corrected chi connectivity index (χ0v) is 14.8. The van der Waals surface area contributed by atoms with Crippen molar-refractivity contribution >= 4 is 34.0 Å². The molecule has 2 aromatic heterocycles. The molecule has 25 heavy (non-hydrogen) atoms. The fraction of sp³-hybridized carbons (Fsp3) is 0.188. The van der Waals surface area contributed by atoms with Gasteiger partial charge >= 0.3 is 0 Å². The van der Waals surface area contributed by atoms with Crippen molar-refractivity contribution in [3.63, 3.8) is 0 Å². The molecule has 0 saturated carbocycles. The van der Waals surface area contributed by atoms with Crippen molar-refractivity contribution in [2.24, 2.45) is 0 Å². The topological polar surface area (TPSA) is 89.8 Å². The highest BCUT2D eigenvalue weighted by atomic mass is 35.5. The third kappa shape index (κ3) is 3.92. The highest BCUT2D eigenvalue weighted by Crippen LogP contribution is 2.31. The van der Waals surface area contributed by atoms with E-state index in [9.17, 15) is 9.59 Å². The summed E-state index contributed by atoms with van der Waals surface area (Å²) in [6, 6.07) is 9.98. The van der Waals surface area contributed by atoms with Gasteiger partial charge in [-0.05, 0) is 18.6 Å². The van der Waals surface area contributed by atoms with E-state index < -0.39 is 5.91 Å². The van der Waals surface area contributed by atoms with Crippen molar-refractivity contribution < 1.29 is 4.79 Å². The second-order valence-electron chi connectivity index (χ2n) is 5.13. The molecular formula is C16H14ClN5O2S. The predicted molar refractivity (Wildman–Crippen MR) is 97.1 cm³/mol. The summed E-state index contributed by atoms with van der Waals surface area (Å²) in [5, 5.41) is 16.2. The van der Waals surface area contributed by atoms with E-state index in [0.29, 0.717) is 21.7 Å². The minimum Gasteiger partial charge on any atom is -0.295 e. The lowest BCUT2D eigenvalue weighted by atomic mass is 10.2. The Hall–Kier alpha value is -2.58. The number of aryl methyl sites for hydroxylation is 1. The van der Waals surface area contributed by atoms with Crippen molar-refractivity contribution in [1.82, 2.24) is 20.0 Å². The average Bonchev–Trinajstić information content (AvgIpc) is 3.05. The maximum absolute atomic E-state index is 12.3. The van der Waals surface area contributed by atoms with Gasteiger partial charge in [-0.3, -0.25) is 14.9 Å². The van der Waals surface area contributed by atoms with Gasteiger partial charge in [-0.15, -0.1) is 10.2 Å². The van der Waals surface area contributed by atoms with Crippen LogP contribution in [0.2, 0.25) is 5.02 Å². The fourth-order valence-electron chi connectivity index (χ4n) is 2.12. The molecular weight excluding hydrogens is 362 g/mol. The minimum absolute atomic E-state index is 0.141. The zero-order chi connectivity index (χ0) is 17.8. The van der Waals surface area contributed by atoms with E-state index in [1.807, 2.05) is 25.1 Å². The van der Waals surface area contributed by atoms with Crippen LogP contribution in [-0.4, -0.2) is 25.9 Å². The summed E-state index contributed by atoms with van der Waals surface area (Å²) in [4.78, 5) is 24.0. The van der Waals surface area contributed by atoms with E-state index in [2.05, 4.69) is 20.6 Å². The van der Waals surface area contributed by atoms with Crippen molar-refractivity contribution in [3.8, 4) is 10.6 Å². The van der Waals surface area contributed by atoms with Crippen LogP contribution >= 0.6 is 22.9 Å². The number of halogens is 1. The Kier molecular flexibility index (Phi) is 5.20. The van der Waals surface area contributed by atoms with E-state index >= 15 is 0 Å². The molecule has 0 fully saturated rings. The molecule has 1 amide bonds. The highest BCUT2D eigenvalue weighted by molar-refractivity contribution is 7.18. The highest BCUT2D eigenvalue weighted by Gasteiger charge is 2.14. The van der Waals surface area contributed by atoms with Gasteiger partial charge < -0.3 is 0 Å². The maximum Gasteiger partial charge on any atom is 0.277 e. The van der Waals surface area contributed by atoms with Crippen LogP contribution in [0.1, 0.15) is 23.8 Å². The van der Waals surface area contributed by atoms with Gasteiger partial charge in [-0.1, -0.05) is 48.1 Å². The summed E-state index contributed by atoms with van der Waals surface area (Å²) in [5.74, 6) is -0.452. The van der Waals surface area contributed by atoms with Crippen LogP contribution in [0.3, 0.4) is 0 Å². The number of carbonyl (C=O) groups is 1.